The number of hydrogen-bond donors (Lipinski definition) is 4. The fourth-order valence-electron chi connectivity index (χ4n) is 1.44. The maximum atomic E-state index is 11.7. The molecule has 0 saturated heterocycles. The summed E-state index contributed by atoms with van der Waals surface area (Å²) in [6.45, 7) is -0.276. The smallest absolute Gasteiger partial charge is 0.332 e. The van der Waals surface area contributed by atoms with Crippen LogP contribution in [0, 0.1) is 0 Å². The van der Waals surface area contributed by atoms with Gasteiger partial charge in [-0.25, -0.2) is 4.79 Å². The zero-order valence-electron chi connectivity index (χ0n) is 11.0. The Bertz CT molecular complexity index is 535. The lowest BCUT2D eigenvalue weighted by molar-refractivity contribution is -0.147. The molecule has 1 aromatic carbocycles. The van der Waals surface area contributed by atoms with Gasteiger partial charge in [-0.05, 0) is 12.1 Å². The van der Waals surface area contributed by atoms with Gasteiger partial charge in [-0.15, -0.1) is 0 Å². The van der Waals surface area contributed by atoms with Gasteiger partial charge in [0.1, 0.15) is 0 Å². The molecule has 0 saturated carbocycles. The lowest BCUT2D eigenvalue weighted by Crippen LogP contribution is -2.38. The monoisotopic (exact) mass is 314 g/mol. The van der Waals surface area contributed by atoms with E-state index in [4.69, 9.17) is 21.8 Å². The molecule has 4 N–H and O–H groups in total. The van der Waals surface area contributed by atoms with Gasteiger partial charge in [0, 0.05) is 13.0 Å². The van der Waals surface area contributed by atoms with E-state index < -0.39 is 23.9 Å². The molecule has 0 aliphatic rings. The van der Waals surface area contributed by atoms with Crippen LogP contribution < -0.4 is 10.6 Å². The highest BCUT2D eigenvalue weighted by molar-refractivity contribution is 6.33. The number of hydrogen-bond acceptors (Lipinski definition) is 4. The third-order valence-corrected chi connectivity index (χ3v) is 2.88. The van der Waals surface area contributed by atoms with E-state index >= 15 is 0 Å². The van der Waals surface area contributed by atoms with Gasteiger partial charge in [-0.2, -0.15) is 0 Å². The molecular weight excluding hydrogens is 300 g/mol. The van der Waals surface area contributed by atoms with Gasteiger partial charge >= 0.3 is 5.97 Å². The molecule has 1 rings (SSSR count). The molecule has 1 aromatic rings. The van der Waals surface area contributed by atoms with Crippen LogP contribution in [0.15, 0.2) is 24.3 Å². The second kappa shape index (κ2) is 8.23. The molecule has 0 aliphatic heterocycles. The summed E-state index contributed by atoms with van der Waals surface area (Å²) in [5.41, 5.74) is 0.258. The van der Waals surface area contributed by atoms with Crippen LogP contribution in [0.25, 0.3) is 0 Å². The Morgan fingerprint density at radius 1 is 1.19 bits per heavy atom. The van der Waals surface area contributed by atoms with Crippen molar-refractivity contribution in [3.63, 3.8) is 0 Å². The van der Waals surface area contributed by atoms with E-state index in [1.54, 1.807) is 18.2 Å². The Morgan fingerprint density at radius 2 is 1.86 bits per heavy atom. The van der Waals surface area contributed by atoms with E-state index in [0.29, 0.717) is 0 Å². The number of carboxylic acid groups (broad SMARTS) is 1. The molecule has 8 heteroatoms. The number of rotatable bonds is 7. The van der Waals surface area contributed by atoms with Crippen LogP contribution in [-0.2, 0) is 9.59 Å². The Labute approximate surface area is 125 Å². The number of aliphatic carboxylic acids is 1. The summed E-state index contributed by atoms with van der Waals surface area (Å²) in [5.74, 6) is -2.33. The fourth-order valence-corrected chi connectivity index (χ4v) is 1.66. The van der Waals surface area contributed by atoms with E-state index in [-0.39, 0.29) is 30.1 Å². The number of aliphatic hydroxyl groups excluding tert-OH is 1. The van der Waals surface area contributed by atoms with Crippen LogP contribution >= 0.6 is 11.6 Å². The number of benzene rings is 1. The van der Waals surface area contributed by atoms with Crippen molar-refractivity contribution in [3.8, 4) is 0 Å². The van der Waals surface area contributed by atoms with E-state index in [2.05, 4.69) is 10.6 Å². The van der Waals surface area contributed by atoms with E-state index in [1.165, 1.54) is 6.07 Å². The molecule has 114 valence electrons. The minimum atomic E-state index is -1.52. The molecule has 1 atom stereocenters. The highest BCUT2D eigenvalue weighted by Crippen LogP contribution is 2.14. The van der Waals surface area contributed by atoms with Crippen molar-refractivity contribution >= 4 is 29.4 Å². The Hall–Kier alpha value is -2.12. The van der Waals surface area contributed by atoms with Crippen molar-refractivity contribution in [2.24, 2.45) is 0 Å². The molecular formula is C13H15ClN2O5. The molecule has 0 aliphatic carbocycles. The van der Waals surface area contributed by atoms with Crippen molar-refractivity contribution in [3.05, 3.63) is 34.9 Å². The maximum absolute atomic E-state index is 11.7. The zero-order valence-corrected chi connectivity index (χ0v) is 11.8. The number of carbonyl (C=O) groups excluding carboxylic acids is 2. The molecule has 0 fully saturated rings. The Kier molecular flexibility index (Phi) is 6.64. The van der Waals surface area contributed by atoms with Gasteiger partial charge in [-0.1, -0.05) is 23.7 Å². The minimum Gasteiger partial charge on any atom is -0.479 e. The largest absolute Gasteiger partial charge is 0.479 e. The second-order valence-electron chi connectivity index (χ2n) is 4.16. The lowest BCUT2D eigenvalue weighted by Gasteiger charge is -2.09. The number of halogens is 1. The van der Waals surface area contributed by atoms with Crippen LogP contribution in [0.2, 0.25) is 5.02 Å². The van der Waals surface area contributed by atoms with Crippen LogP contribution in [-0.4, -0.2) is 47.2 Å². The summed E-state index contributed by atoms with van der Waals surface area (Å²) in [4.78, 5) is 33.5. The second-order valence-corrected chi connectivity index (χ2v) is 4.56. The van der Waals surface area contributed by atoms with Gasteiger partial charge in [-0.3, -0.25) is 9.59 Å². The summed E-state index contributed by atoms with van der Waals surface area (Å²) in [5, 5.41) is 22.5. The third-order valence-electron chi connectivity index (χ3n) is 2.55. The van der Waals surface area contributed by atoms with Crippen LogP contribution in [0.5, 0.6) is 0 Å². The molecule has 0 aromatic heterocycles. The number of carboxylic acids is 1. The van der Waals surface area contributed by atoms with Crippen LogP contribution in [0.4, 0.5) is 0 Å². The first-order valence-electron chi connectivity index (χ1n) is 6.12. The van der Waals surface area contributed by atoms with E-state index in [1.807, 2.05) is 0 Å². The SMILES string of the molecule is O=C(CNC(=O)c1ccccc1Cl)NCC[C@H](O)C(=O)O. The number of aliphatic hydroxyl groups is 1. The van der Waals surface area contributed by atoms with E-state index in [0.717, 1.165) is 0 Å². The minimum absolute atomic E-state index is 0.00569. The first-order valence-corrected chi connectivity index (χ1v) is 6.50. The molecule has 2 amide bonds. The molecule has 21 heavy (non-hydrogen) atoms. The summed E-state index contributed by atoms with van der Waals surface area (Å²) in [6, 6.07) is 6.41. The number of nitrogens with one attached hydrogen (secondary N) is 2. The van der Waals surface area contributed by atoms with Crippen molar-refractivity contribution in [2.45, 2.75) is 12.5 Å². The number of amides is 2. The topological polar surface area (TPSA) is 116 Å². The van der Waals surface area contributed by atoms with Crippen LogP contribution in [0.3, 0.4) is 0 Å². The maximum Gasteiger partial charge on any atom is 0.332 e. The lowest BCUT2D eigenvalue weighted by atomic mass is 10.2. The quantitative estimate of drug-likeness (QED) is 0.566. The highest BCUT2D eigenvalue weighted by Gasteiger charge is 2.14. The van der Waals surface area contributed by atoms with Gasteiger partial charge < -0.3 is 20.8 Å². The molecule has 0 spiro atoms. The Balaban J connectivity index is 2.32. The normalized spacial score (nSPS) is 11.5. The standard InChI is InChI=1S/C13H15ClN2O5/c14-9-4-2-1-3-8(9)12(19)16-7-11(18)15-6-5-10(17)13(20)21/h1-4,10,17H,5-7H2,(H,15,18)(H,16,19)(H,20,21)/t10-/m0/s1. The van der Waals surface area contributed by atoms with Crippen molar-refractivity contribution in [2.75, 3.05) is 13.1 Å². The fraction of sp³-hybridized carbons (Fsp3) is 0.308. The average molecular weight is 315 g/mol. The van der Waals surface area contributed by atoms with Gasteiger partial charge in [0.05, 0.1) is 17.1 Å². The van der Waals surface area contributed by atoms with E-state index in [9.17, 15) is 14.4 Å². The van der Waals surface area contributed by atoms with Gasteiger partial charge in [0.25, 0.3) is 5.91 Å². The molecule has 0 bridgehead atoms. The summed E-state index contributed by atoms with van der Waals surface area (Å²) in [7, 11) is 0. The summed E-state index contributed by atoms with van der Waals surface area (Å²) < 4.78 is 0. The predicted octanol–water partition coefficient (Wildman–Crippen LogP) is 0.0216. The number of carbonyl (C=O) groups is 3. The van der Waals surface area contributed by atoms with Gasteiger partial charge in [0.15, 0.2) is 6.10 Å². The van der Waals surface area contributed by atoms with Crippen molar-refractivity contribution in [1.29, 1.82) is 0 Å². The van der Waals surface area contributed by atoms with Crippen LogP contribution in [0.1, 0.15) is 16.8 Å². The van der Waals surface area contributed by atoms with Crippen molar-refractivity contribution < 1.29 is 24.6 Å². The highest BCUT2D eigenvalue weighted by atomic mass is 35.5. The summed E-state index contributed by atoms with van der Waals surface area (Å²) >= 11 is 5.84. The molecule has 0 radical (unpaired) electrons. The molecule has 0 unspecified atom stereocenters. The summed E-state index contributed by atoms with van der Waals surface area (Å²) in [6.07, 6.45) is -1.64. The third kappa shape index (κ3) is 5.80. The van der Waals surface area contributed by atoms with Crippen molar-refractivity contribution in [1.82, 2.24) is 10.6 Å². The Morgan fingerprint density at radius 3 is 2.48 bits per heavy atom. The first kappa shape index (κ1) is 16.9. The average Bonchev–Trinajstić information content (AvgIpc) is 2.45. The first-order chi connectivity index (χ1) is 9.91. The molecule has 0 heterocycles. The van der Waals surface area contributed by atoms with Gasteiger partial charge in [0.2, 0.25) is 5.91 Å². The molecule has 7 nitrogen and oxygen atoms in total. The zero-order chi connectivity index (χ0) is 15.8. The predicted molar refractivity (Wildman–Crippen MR) is 75.1 cm³/mol.